The summed E-state index contributed by atoms with van der Waals surface area (Å²) in [6.45, 7) is 11.5. The number of carbonyl (C=O) groups is 1. The molecule has 152 valence electrons. The summed E-state index contributed by atoms with van der Waals surface area (Å²) in [5.74, 6) is 2.16. The van der Waals surface area contributed by atoms with Crippen molar-refractivity contribution in [1.29, 1.82) is 0 Å². The normalized spacial score (nSPS) is 25.0. The van der Waals surface area contributed by atoms with E-state index in [0.717, 1.165) is 32.1 Å². The lowest BCUT2D eigenvalue weighted by atomic mass is 9.82. The van der Waals surface area contributed by atoms with Crippen molar-refractivity contribution in [2.45, 2.75) is 101 Å². The number of carbonyl (C=O) groups excluding carboxylic acids is 1. The van der Waals surface area contributed by atoms with Crippen molar-refractivity contribution in [3.05, 3.63) is 0 Å². The summed E-state index contributed by atoms with van der Waals surface area (Å²) in [6.07, 6.45) is 6.77. The highest BCUT2D eigenvalue weighted by atomic mass is 32.2. The number of hydrogen-bond acceptors (Lipinski definition) is 6. The van der Waals surface area contributed by atoms with E-state index >= 15 is 0 Å². The molecule has 0 saturated carbocycles. The lowest BCUT2D eigenvalue weighted by Gasteiger charge is -2.52. The van der Waals surface area contributed by atoms with E-state index in [4.69, 9.17) is 9.57 Å². The second kappa shape index (κ2) is 10.0. The van der Waals surface area contributed by atoms with Gasteiger partial charge in [-0.15, -0.1) is 23.5 Å². The number of hydrogen-bond donors (Lipinski definition) is 0. The van der Waals surface area contributed by atoms with Gasteiger partial charge in [-0.05, 0) is 71.3 Å². The van der Waals surface area contributed by atoms with Gasteiger partial charge in [-0.1, -0.05) is 13.3 Å². The third kappa shape index (κ3) is 6.32. The molecule has 2 heterocycles. The largest absolute Gasteiger partial charge is 0.464 e. The number of hydroxylamine groups is 2. The summed E-state index contributed by atoms with van der Waals surface area (Å²) in [6, 6.07) is 0. The van der Waals surface area contributed by atoms with E-state index in [1.165, 1.54) is 24.3 Å². The van der Waals surface area contributed by atoms with Gasteiger partial charge in [0.25, 0.3) is 0 Å². The molecule has 1 unspecified atom stereocenters. The molecule has 0 amide bonds. The van der Waals surface area contributed by atoms with Crippen molar-refractivity contribution >= 4 is 29.5 Å². The monoisotopic (exact) mass is 403 g/mol. The van der Waals surface area contributed by atoms with Crippen LogP contribution < -0.4 is 0 Å². The molecular formula is C20H37NO3S2. The number of rotatable bonds is 8. The maximum atomic E-state index is 12.8. The fourth-order valence-corrected chi connectivity index (χ4v) is 6.74. The molecule has 0 aromatic rings. The molecule has 0 aliphatic carbocycles. The van der Waals surface area contributed by atoms with E-state index in [1.807, 2.05) is 23.5 Å². The maximum absolute atomic E-state index is 12.8. The van der Waals surface area contributed by atoms with Crippen LogP contribution in [0.4, 0.5) is 0 Å². The van der Waals surface area contributed by atoms with Gasteiger partial charge >= 0.3 is 5.97 Å². The van der Waals surface area contributed by atoms with Crippen LogP contribution in [0.15, 0.2) is 0 Å². The predicted molar refractivity (Wildman–Crippen MR) is 113 cm³/mol. The van der Waals surface area contributed by atoms with Crippen LogP contribution >= 0.6 is 23.5 Å². The second-order valence-electron chi connectivity index (χ2n) is 8.65. The molecule has 0 bridgehead atoms. The van der Waals surface area contributed by atoms with E-state index in [-0.39, 0.29) is 17.0 Å². The van der Waals surface area contributed by atoms with Gasteiger partial charge in [0.2, 0.25) is 0 Å². The summed E-state index contributed by atoms with van der Waals surface area (Å²) < 4.78 is 5.97. The SMILES string of the molecule is CCCCOC(=O)C(CC1SCCCS1)ON1C(C)(C)CCCC1(C)C. The van der Waals surface area contributed by atoms with Crippen molar-refractivity contribution < 1.29 is 14.4 Å². The van der Waals surface area contributed by atoms with E-state index in [0.29, 0.717) is 11.2 Å². The molecular weight excluding hydrogens is 366 g/mol. The Balaban J connectivity index is 2.09. The minimum absolute atomic E-state index is 0.0729. The molecule has 0 N–H and O–H groups in total. The third-order valence-electron chi connectivity index (χ3n) is 5.22. The third-order valence-corrected chi connectivity index (χ3v) is 8.21. The molecule has 2 rings (SSSR count). The second-order valence-corrected chi connectivity index (χ2v) is 11.6. The summed E-state index contributed by atoms with van der Waals surface area (Å²) >= 11 is 3.91. The molecule has 2 saturated heterocycles. The van der Waals surface area contributed by atoms with Gasteiger partial charge in [-0.3, -0.25) is 4.84 Å². The molecule has 0 aromatic heterocycles. The lowest BCUT2D eigenvalue weighted by molar-refractivity contribution is -0.303. The Labute approximate surface area is 168 Å². The number of esters is 1. The minimum atomic E-state index is -0.508. The van der Waals surface area contributed by atoms with Gasteiger partial charge in [0.1, 0.15) is 0 Å². The Morgan fingerprint density at radius 2 is 1.73 bits per heavy atom. The van der Waals surface area contributed by atoms with Crippen LogP contribution in [-0.4, -0.2) is 50.9 Å². The van der Waals surface area contributed by atoms with E-state index in [9.17, 15) is 4.79 Å². The Morgan fingerprint density at radius 1 is 1.12 bits per heavy atom. The highest BCUT2D eigenvalue weighted by Crippen LogP contribution is 2.40. The first-order valence-electron chi connectivity index (χ1n) is 10.1. The number of nitrogens with zero attached hydrogens (tertiary/aromatic N) is 1. The zero-order valence-electron chi connectivity index (χ0n) is 17.2. The Hall–Kier alpha value is 0.0900. The molecule has 6 heteroatoms. The highest BCUT2D eigenvalue weighted by Gasteiger charge is 2.45. The average Bonchev–Trinajstić information content (AvgIpc) is 2.57. The van der Waals surface area contributed by atoms with Crippen LogP contribution in [-0.2, 0) is 14.4 Å². The first-order chi connectivity index (χ1) is 12.3. The highest BCUT2D eigenvalue weighted by molar-refractivity contribution is 8.17. The van der Waals surface area contributed by atoms with Gasteiger partial charge in [0.15, 0.2) is 6.10 Å². The topological polar surface area (TPSA) is 38.8 Å². The van der Waals surface area contributed by atoms with Gasteiger partial charge in [0.05, 0.1) is 11.2 Å². The number of thioether (sulfide) groups is 2. The fraction of sp³-hybridized carbons (Fsp3) is 0.950. The van der Waals surface area contributed by atoms with Crippen molar-refractivity contribution in [2.24, 2.45) is 0 Å². The molecule has 2 aliphatic rings. The van der Waals surface area contributed by atoms with Crippen LogP contribution in [0.25, 0.3) is 0 Å². The molecule has 0 spiro atoms. The Bertz CT molecular complexity index is 434. The Kier molecular flexibility index (Phi) is 8.64. The zero-order chi connectivity index (χ0) is 19.2. The maximum Gasteiger partial charge on any atom is 0.337 e. The summed E-state index contributed by atoms with van der Waals surface area (Å²) in [5, 5.41) is 2.10. The number of ether oxygens (including phenoxy) is 1. The van der Waals surface area contributed by atoms with Crippen molar-refractivity contribution in [2.75, 3.05) is 18.1 Å². The van der Waals surface area contributed by atoms with Crippen molar-refractivity contribution in [3.63, 3.8) is 0 Å². The molecule has 2 fully saturated rings. The molecule has 0 radical (unpaired) electrons. The average molecular weight is 404 g/mol. The molecule has 26 heavy (non-hydrogen) atoms. The van der Waals surface area contributed by atoms with Gasteiger partial charge < -0.3 is 4.74 Å². The zero-order valence-corrected chi connectivity index (χ0v) is 18.8. The summed E-state index contributed by atoms with van der Waals surface area (Å²) in [5.41, 5.74) is -0.146. The van der Waals surface area contributed by atoms with Crippen LogP contribution in [0.1, 0.15) is 79.6 Å². The molecule has 0 aromatic carbocycles. The summed E-state index contributed by atoms with van der Waals surface area (Å²) in [4.78, 5) is 19.2. The predicted octanol–water partition coefficient (Wildman–Crippen LogP) is 5.26. The van der Waals surface area contributed by atoms with Gasteiger partial charge in [0, 0.05) is 17.5 Å². The van der Waals surface area contributed by atoms with E-state index in [2.05, 4.69) is 39.7 Å². The first-order valence-corrected chi connectivity index (χ1v) is 12.2. The molecule has 1 atom stereocenters. The molecule has 4 nitrogen and oxygen atoms in total. The standard InChI is InChI=1S/C20H37NO3S2/c1-6-7-12-23-18(22)16(15-17-25-13-9-14-26-17)24-21-19(2,3)10-8-11-20(21,4)5/h16-17H,6-15H2,1-5H3. The Morgan fingerprint density at radius 3 is 2.31 bits per heavy atom. The number of piperidine rings is 1. The van der Waals surface area contributed by atoms with Crippen molar-refractivity contribution in [3.8, 4) is 0 Å². The van der Waals surface area contributed by atoms with E-state index in [1.54, 1.807) is 0 Å². The van der Waals surface area contributed by atoms with Crippen LogP contribution in [0.2, 0.25) is 0 Å². The van der Waals surface area contributed by atoms with Crippen LogP contribution in [0.3, 0.4) is 0 Å². The van der Waals surface area contributed by atoms with Crippen LogP contribution in [0.5, 0.6) is 0 Å². The molecule has 2 aliphatic heterocycles. The van der Waals surface area contributed by atoms with E-state index < -0.39 is 6.10 Å². The smallest absolute Gasteiger partial charge is 0.337 e. The fourth-order valence-electron chi connectivity index (χ4n) is 3.83. The van der Waals surface area contributed by atoms with Gasteiger partial charge in [-0.25, -0.2) is 4.79 Å². The number of unbranched alkanes of at least 4 members (excludes halogenated alkanes) is 1. The van der Waals surface area contributed by atoms with Crippen LogP contribution in [0, 0.1) is 0 Å². The minimum Gasteiger partial charge on any atom is -0.464 e. The first kappa shape index (κ1) is 22.4. The van der Waals surface area contributed by atoms with Gasteiger partial charge in [-0.2, -0.15) is 5.06 Å². The summed E-state index contributed by atoms with van der Waals surface area (Å²) in [7, 11) is 0. The lowest BCUT2D eigenvalue weighted by Crippen LogP contribution is -2.60. The van der Waals surface area contributed by atoms with Crippen molar-refractivity contribution in [1.82, 2.24) is 5.06 Å². The quantitative estimate of drug-likeness (QED) is 0.407.